The molecule has 1 saturated heterocycles. The largest absolute Gasteiger partial charge is 0.493 e. The van der Waals surface area contributed by atoms with Gasteiger partial charge in [0.15, 0.2) is 0 Å². The smallest absolute Gasteiger partial charge is 0.236 e. The summed E-state index contributed by atoms with van der Waals surface area (Å²) in [4.78, 5) is 26.1. The van der Waals surface area contributed by atoms with Gasteiger partial charge in [-0.05, 0) is 31.9 Å². The number of hydrogen-bond donors (Lipinski definition) is 0. The minimum Gasteiger partial charge on any atom is -0.493 e. The van der Waals surface area contributed by atoms with E-state index in [-0.39, 0.29) is 5.91 Å². The third-order valence-electron chi connectivity index (χ3n) is 6.84. The van der Waals surface area contributed by atoms with Crippen LogP contribution in [0, 0.1) is 0 Å². The van der Waals surface area contributed by atoms with Gasteiger partial charge in [-0.15, -0.1) is 11.3 Å². The van der Waals surface area contributed by atoms with Gasteiger partial charge in [0, 0.05) is 56.6 Å². The number of carbonyl (C=O) groups is 1. The van der Waals surface area contributed by atoms with Crippen molar-refractivity contribution in [3.8, 4) is 16.3 Å². The van der Waals surface area contributed by atoms with Crippen LogP contribution < -0.4 is 4.74 Å². The topological polar surface area (TPSA) is 48.9 Å². The van der Waals surface area contributed by atoms with Crippen LogP contribution in [0.2, 0.25) is 0 Å². The van der Waals surface area contributed by atoms with Crippen molar-refractivity contribution in [2.45, 2.75) is 45.2 Å². The van der Waals surface area contributed by atoms with Crippen LogP contribution in [0.3, 0.4) is 0 Å². The van der Waals surface area contributed by atoms with E-state index in [9.17, 15) is 4.79 Å². The first kappa shape index (κ1) is 20.9. The lowest BCUT2D eigenvalue weighted by atomic mass is 9.91. The zero-order chi connectivity index (χ0) is 21.2. The van der Waals surface area contributed by atoms with Crippen molar-refractivity contribution in [3.63, 3.8) is 0 Å². The molecule has 0 spiro atoms. The van der Waals surface area contributed by atoms with Crippen molar-refractivity contribution in [2.24, 2.45) is 0 Å². The molecule has 31 heavy (non-hydrogen) atoms. The molecule has 1 aliphatic carbocycles. The number of para-hydroxylation sites is 1. The quantitative estimate of drug-likeness (QED) is 0.690. The van der Waals surface area contributed by atoms with Crippen LogP contribution in [0.15, 0.2) is 24.3 Å². The highest BCUT2D eigenvalue weighted by Crippen LogP contribution is 2.36. The van der Waals surface area contributed by atoms with Crippen LogP contribution in [-0.2, 0) is 17.8 Å². The zero-order valence-electron chi connectivity index (χ0n) is 18.4. The van der Waals surface area contributed by atoms with E-state index in [0.717, 1.165) is 68.1 Å². The lowest BCUT2D eigenvalue weighted by Crippen LogP contribution is -2.55. The second-order valence-electron chi connectivity index (χ2n) is 8.78. The highest BCUT2D eigenvalue weighted by Gasteiger charge is 2.30. The van der Waals surface area contributed by atoms with Crippen LogP contribution in [0.4, 0.5) is 0 Å². The van der Waals surface area contributed by atoms with E-state index < -0.39 is 0 Å². The van der Waals surface area contributed by atoms with E-state index in [1.807, 2.05) is 25.1 Å². The first-order valence-electron chi connectivity index (χ1n) is 11.7. The Morgan fingerprint density at radius 2 is 1.97 bits per heavy atom. The van der Waals surface area contributed by atoms with Crippen LogP contribution in [-0.4, -0.2) is 77.5 Å². The van der Waals surface area contributed by atoms with Gasteiger partial charge in [-0.1, -0.05) is 18.6 Å². The number of rotatable bonds is 6. The van der Waals surface area contributed by atoms with E-state index in [1.165, 1.54) is 29.8 Å². The number of carbonyl (C=O) groups excluding carboxylic acids is 1. The molecule has 1 saturated carbocycles. The Labute approximate surface area is 188 Å². The Morgan fingerprint density at radius 1 is 1.16 bits per heavy atom. The van der Waals surface area contributed by atoms with Crippen molar-refractivity contribution in [1.29, 1.82) is 0 Å². The molecule has 2 aliphatic heterocycles. The standard InChI is InChI=1S/C24H32N4O2S/c1-2-30-21-9-4-3-8-19(21)24-25-20-10-11-26(16-22(20)31-24)17-23(29)28-14-12-27(13-15-28)18-6-5-7-18/h3-4,8-9,18H,2,5-7,10-17H2,1H3. The van der Waals surface area contributed by atoms with Crippen LogP contribution >= 0.6 is 11.3 Å². The molecule has 3 heterocycles. The monoisotopic (exact) mass is 440 g/mol. The van der Waals surface area contributed by atoms with Gasteiger partial charge in [-0.2, -0.15) is 0 Å². The first-order valence-corrected chi connectivity index (χ1v) is 12.5. The highest BCUT2D eigenvalue weighted by atomic mass is 32.1. The van der Waals surface area contributed by atoms with Crippen molar-refractivity contribution in [2.75, 3.05) is 45.9 Å². The molecule has 1 aromatic carbocycles. The summed E-state index contributed by atoms with van der Waals surface area (Å²) in [6.45, 7) is 8.73. The fourth-order valence-corrected chi connectivity index (χ4v) is 5.98. The second-order valence-corrected chi connectivity index (χ2v) is 9.86. The number of piperazine rings is 1. The van der Waals surface area contributed by atoms with Gasteiger partial charge in [0.1, 0.15) is 10.8 Å². The third kappa shape index (κ3) is 4.49. The van der Waals surface area contributed by atoms with E-state index in [0.29, 0.717) is 13.2 Å². The predicted octanol–water partition coefficient (Wildman–Crippen LogP) is 3.26. The Kier molecular flexibility index (Phi) is 6.25. The van der Waals surface area contributed by atoms with Crippen molar-refractivity contribution in [3.05, 3.63) is 34.8 Å². The lowest BCUT2D eigenvalue weighted by Gasteiger charge is -2.43. The Hall–Kier alpha value is -1.96. The third-order valence-corrected chi connectivity index (χ3v) is 7.96. The number of aromatic nitrogens is 1. The number of nitrogens with zero attached hydrogens (tertiary/aromatic N) is 4. The average molecular weight is 441 g/mol. The number of amides is 1. The number of fused-ring (bicyclic) bond motifs is 1. The molecule has 5 rings (SSSR count). The SMILES string of the molecule is CCOc1ccccc1-c1nc2c(s1)CN(CC(=O)N1CCN(C3CCC3)CC1)CC2. The number of ether oxygens (including phenoxy) is 1. The minimum absolute atomic E-state index is 0.281. The van der Waals surface area contributed by atoms with E-state index in [4.69, 9.17) is 9.72 Å². The Bertz CT molecular complexity index is 918. The van der Waals surface area contributed by atoms with Gasteiger partial charge in [0.2, 0.25) is 5.91 Å². The summed E-state index contributed by atoms with van der Waals surface area (Å²) in [6.07, 6.45) is 4.97. The predicted molar refractivity (Wildman–Crippen MR) is 123 cm³/mol. The molecular formula is C24H32N4O2S. The van der Waals surface area contributed by atoms with Crippen LogP contribution in [0.25, 0.3) is 10.6 Å². The van der Waals surface area contributed by atoms with Crippen molar-refractivity contribution >= 4 is 17.2 Å². The lowest BCUT2D eigenvalue weighted by molar-refractivity contribution is -0.135. The van der Waals surface area contributed by atoms with E-state index >= 15 is 0 Å². The van der Waals surface area contributed by atoms with Gasteiger partial charge in [-0.3, -0.25) is 14.6 Å². The number of benzene rings is 1. The van der Waals surface area contributed by atoms with E-state index in [2.05, 4.69) is 20.8 Å². The second kappa shape index (κ2) is 9.27. The summed E-state index contributed by atoms with van der Waals surface area (Å²) in [5.74, 6) is 1.17. The maximum absolute atomic E-state index is 12.9. The maximum Gasteiger partial charge on any atom is 0.236 e. The normalized spacial score (nSPS) is 20.4. The molecule has 0 atom stereocenters. The molecule has 0 radical (unpaired) electrons. The Balaban J connectivity index is 1.19. The average Bonchev–Trinajstić information content (AvgIpc) is 3.17. The summed E-state index contributed by atoms with van der Waals surface area (Å²) in [5.41, 5.74) is 2.25. The molecule has 166 valence electrons. The minimum atomic E-state index is 0.281. The summed E-state index contributed by atoms with van der Waals surface area (Å²) < 4.78 is 5.80. The summed E-state index contributed by atoms with van der Waals surface area (Å²) in [5, 5.41) is 1.02. The molecule has 0 N–H and O–H groups in total. The molecule has 6 nitrogen and oxygen atoms in total. The maximum atomic E-state index is 12.9. The summed E-state index contributed by atoms with van der Waals surface area (Å²) >= 11 is 1.74. The molecule has 2 fully saturated rings. The molecule has 1 amide bonds. The molecule has 0 bridgehead atoms. The van der Waals surface area contributed by atoms with Crippen molar-refractivity contribution in [1.82, 2.24) is 19.7 Å². The molecule has 2 aromatic rings. The molecule has 3 aliphatic rings. The first-order chi connectivity index (χ1) is 15.2. The zero-order valence-corrected chi connectivity index (χ0v) is 19.2. The van der Waals surface area contributed by atoms with Gasteiger partial charge in [0.25, 0.3) is 0 Å². The van der Waals surface area contributed by atoms with E-state index in [1.54, 1.807) is 11.3 Å². The molecular weight excluding hydrogens is 408 g/mol. The van der Waals surface area contributed by atoms with Gasteiger partial charge in [0.05, 0.1) is 24.4 Å². The molecule has 0 unspecified atom stereocenters. The number of thiazole rings is 1. The van der Waals surface area contributed by atoms with Gasteiger partial charge < -0.3 is 9.64 Å². The molecule has 1 aromatic heterocycles. The molecule has 7 heteroatoms. The van der Waals surface area contributed by atoms with Gasteiger partial charge in [-0.25, -0.2) is 4.98 Å². The van der Waals surface area contributed by atoms with Gasteiger partial charge >= 0.3 is 0 Å². The Morgan fingerprint density at radius 3 is 2.71 bits per heavy atom. The summed E-state index contributed by atoms with van der Waals surface area (Å²) in [6, 6.07) is 8.91. The number of hydrogen-bond acceptors (Lipinski definition) is 6. The summed E-state index contributed by atoms with van der Waals surface area (Å²) in [7, 11) is 0. The van der Waals surface area contributed by atoms with Crippen molar-refractivity contribution < 1.29 is 9.53 Å². The fraction of sp³-hybridized carbons (Fsp3) is 0.583. The van der Waals surface area contributed by atoms with Crippen LogP contribution in [0.1, 0.15) is 36.8 Å². The highest BCUT2D eigenvalue weighted by molar-refractivity contribution is 7.15. The fourth-order valence-electron chi connectivity index (χ4n) is 4.80. The van der Waals surface area contributed by atoms with Crippen LogP contribution in [0.5, 0.6) is 5.75 Å².